The van der Waals surface area contributed by atoms with Crippen LogP contribution < -0.4 is 5.32 Å². The second-order valence-electron chi connectivity index (χ2n) is 5.41. The van der Waals surface area contributed by atoms with Gasteiger partial charge in [0.15, 0.2) is 0 Å². The molecular weight excluding hydrogens is 228 g/mol. The van der Waals surface area contributed by atoms with E-state index in [1.807, 2.05) is 0 Å². The highest BCUT2D eigenvalue weighted by Gasteiger charge is 2.28. The summed E-state index contributed by atoms with van der Waals surface area (Å²) in [6, 6.07) is 2.10. The fraction of sp³-hybridized carbons (Fsp3) is 0.643. The van der Waals surface area contributed by atoms with Crippen LogP contribution in [0.2, 0.25) is 0 Å². The molecule has 2 aliphatic heterocycles. The van der Waals surface area contributed by atoms with Gasteiger partial charge in [-0.05, 0) is 26.1 Å². The number of carbonyl (C=O) groups excluding carboxylic acids is 1. The Balaban J connectivity index is 1.86. The Hall–Kier alpha value is -1.13. The standard InChI is InChI=1S/C14H20N2O2/c1-16-6-2-3-13-10(9-16)7-14(18-13)11-8-15-5-4-12(11)17/h7,11,15H,2-6,8-9H2,1H3. The highest BCUT2D eigenvalue weighted by atomic mass is 16.3. The minimum atomic E-state index is -0.0732. The van der Waals surface area contributed by atoms with E-state index in [0.29, 0.717) is 12.2 Å². The van der Waals surface area contributed by atoms with Crippen molar-refractivity contribution in [3.05, 3.63) is 23.2 Å². The molecular formula is C14H20N2O2. The van der Waals surface area contributed by atoms with Crippen molar-refractivity contribution in [2.75, 3.05) is 26.7 Å². The summed E-state index contributed by atoms with van der Waals surface area (Å²) in [6.45, 7) is 3.58. The van der Waals surface area contributed by atoms with Gasteiger partial charge in [0, 0.05) is 38.0 Å². The fourth-order valence-electron chi connectivity index (χ4n) is 2.89. The Morgan fingerprint density at radius 2 is 2.33 bits per heavy atom. The summed E-state index contributed by atoms with van der Waals surface area (Å²) in [4.78, 5) is 14.2. The van der Waals surface area contributed by atoms with E-state index >= 15 is 0 Å². The molecule has 1 aromatic rings. The second kappa shape index (κ2) is 4.86. The minimum absolute atomic E-state index is 0.0732. The smallest absolute Gasteiger partial charge is 0.146 e. The van der Waals surface area contributed by atoms with E-state index in [0.717, 1.165) is 50.5 Å². The maximum atomic E-state index is 11.9. The van der Waals surface area contributed by atoms with Crippen molar-refractivity contribution >= 4 is 5.78 Å². The van der Waals surface area contributed by atoms with Crippen LogP contribution in [-0.4, -0.2) is 37.4 Å². The van der Waals surface area contributed by atoms with Gasteiger partial charge < -0.3 is 14.6 Å². The van der Waals surface area contributed by atoms with Crippen LogP contribution >= 0.6 is 0 Å². The third kappa shape index (κ3) is 2.22. The lowest BCUT2D eigenvalue weighted by Crippen LogP contribution is -2.35. The van der Waals surface area contributed by atoms with Gasteiger partial charge in [0.2, 0.25) is 0 Å². The maximum Gasteiger partial charge on any atom is 0.146 e. The molecule has 3 rings (SSSR count). The predicted molar refractivity (Wildman–Crippen MR) is 68.6 cm³/mol. The molecule has 1 unspecified atom stereocenters. The molecule has 1 saturated heterocycles. The van der Waals surface area contributed by atoms with Crippen LogP contribution in [0.25, 0.3) is 0 Å². The van der Waals surface area contributed by atoms with Gasteiger partial charge in [0.1, 0.15) is 17.3 Å². The van der Waals surface area contributed by atoms with Gasteiger partial charge in [-0.3, -0.25) is 4.79 Å². The molecule has 1 aromatic heterocycles. The van der Waals surface area contributed by atoms with Crippen LogP contribution in [0.1, 0.15) is 35.8 Å². The molecule has 0 radical (unpaired) electrons. The number of fused-ring (bicyclic) bond motifs is 1. The molecule has 0 aromatic carbocycles. The quantitative estimate of drug-likeness (QED) is 0.814. The molecule has 4 nitrogen and oxygen atoms in total. The van der Waals surface area contributed by atoms with Crippen LogP contribution in [0.4, 0.5) is 0 Å². The third-order valence-corrected chi connectivity index (χ3v) is 3.93. The van der Waals surface area contributed by atoms with Crippen molar-refractivity contribution in [3.63, 3.8) is 0 Å². The summed E-state index contributed by atoms with van der Waals surface area (Å²) in [7, 11) is 2.13. The van der Waals surface area contributed by atoms with E-state index < -0.39 is 0 Å². The number of nitrogens with one attached hydrogen (secondary N) is 1. The number of Topliss-reactive ketones (excluding diaryl/α,β-unsaturated/α-hetero) is 1. The zero-order chi connectivity index (χ0) is 12.5. The van der Waals surface area contributed by atoms with E-state index in [9.17, 15) is 4.79 Å². The zero-order valence-electron chi connectivity index (χ0n) is 10.9. The Labute approximate surface area is 107 Å². The Bertz CT molecular complexity index is 453. The number of furan rings is 1. The van der Waals surface area contributed by atoms with Crippen LogP contribution in [0, 0.1) is 0 Å². The molecule has 0 bridgehead atoms. The highest BCUT2D eigenvalue weighted by molar-refractivity contribution is 5.86. The van der Waals surface area contributed by atoms with Gasteiger partial charge in [0.05, 0.1) is 5.92 Å². The SMILES string of the molecule is CN1CCCc2oc(C3CNCCC3=O)cc2C1. The average molecular weight is 248 g/mol. The molecule has 3 heterocycles. The number of rotatable bonds is 1. The van der Waals surface area contributed by atoms with Gasteiger partial charge in [-0.2, -0.15) is 0 Å². The molecule has 1 atom stereocenters. The minimum Gasteiger partial charge on any atom is -0.465 e. The molecule has 98 valence electrons. The summed E-state index contributed by atoms with van der Waals surface area (Å²) in [6.07, 6.45) is 2.75. The lowest BCUT2D eigenvalue weighted by atomic mass is 9.95. The molecule has 1 fully saturated rings. The van der Waals surface area contributed by atoms with Crippen molar-refractivity contribution in [1.29, 1.82) is 0 Å². The number of nitrogens with zero attached hydrogens (tertiary/aromatic N) is 1. The first-order chi connectivity index (χ1) is 8.74. The van der Waals surface area contributed by atoms with Crippen LogP contribution in [-0.2, 0) is 17.8 Å². The van der Waals surface area contributed by atoms with Crippen molar-refractivity contribution in [1.82, 2.24) is 10.2 Å². The van der Waals surface area contributed by atoms with E-state index in [4.69, 9.17) is 4.42 Å². The fourth-order valence-corrected chi connectivity index (χ4v) is 2.89. The third-order valence-electron chi connectivity index (χ3n) is 3.93. The largest absolute Gasteiger partial charge is 0.465 e. The Morgan fingerprint density at radius 3 is 3.17 bits per heavy atom. The number of hydrogen-bond acceptors (Lipinski definition) is 4. The summed E-state index contributed by atoms with van der Waals surface area (Å²) in [5.41, 5.74) is 1.27. The number of hydrogen-bond donors (Lipinski definition) is 1. The molecule has 18 heavy (non-hydrogen) atoms. The molecule has 1 N–H and O–H groups in total. The van der Waals surface area contributed by atoms with E-state index in [1.54, 1.807) is 0 Å². The van der Waals surface area contributed by atoms with E-state index in [1.165, 1.54) is 5.56 Å². The number of ketones is 1. The zero-order valence-corrected chi connectivity index (χ0v) is 10.9. The molecule has 0 saturated carbocycles. The molecule has 2 aliphatic rings. The number of piperidine rings is 1. The lowest BCUT2D eigenvalue weighted by Gasteiger charge is -2.19. The highest BCUT2D eigenvalue weighted by Crippen LogP contribution is 2.28. The molecule has 0 spiro atoms. The molecule has 4 heteroatoms. The van der Waals surface area contributed by atoms with Crippen LogP contribution in [0.5, 0.6) is 0 Å². The van der Waals surface area contributed by atoms with Gasteiger partial charge in [0.25, 0.3) is 0 Å². The lowest BCUT2D eigenvalue weighted by molar-refractivity contribution is -0.121. The van der Waals surface area contributed by atoms with Gasteiger partial charge in [-0.1, -0.05) is 0 Å². The molecule has 0 amide bonds. The summed E-state index contributed by atoms with van der Waals surface area (Å²) < 4.78 is 5.96. The first kappa shape index (κ1) is 11.9. The van der Waals surface area contributed by atoms with E-state index in [-0.39, 0.29) is 5.92 Å². The maximum absolute atomic E-state index is 11.9. The van der Waals surface area contributed by atoms with Crippen molar-refractivity contribution in [3.8, 4) is 0 Å². The van der Waals surface area contributed by atoms with Crippen molar-refractivity contribution in [2.45, 2.75) is 31.7 Å². The van der Waals surface area contributed by atoms with Gasteiger partial charge >= 0.3 is 0 Å². The average Bonchev–Trinajstić information content (AvgIpc) is 2.65. The predicted octanol–water partition coefficient (Wildman–Crippen LogP) is 1.30. The Morgan fingerprint density at radius 1 is 1.44 bits per heavy atom. The second-order valence-corrected chi connectivity index (χ2v) is 5.41. The van der Waals surface area contributed by atoms with Crippen molar-refractivity contribution < 1.29 is 9.21 Å². The number of carbonyl (C=O) groups is 1. The summed E-state index contributed by atoms with van der Waals surface area (Å²) in [5, 5.41) is 3.27. The first-order valence-electron chi connectivity index (χ1n) is 6.77. The van der Waals surface area contributed by atoms with Crippen LogP contribution in [0.3, 0.4) is 0 Å². The van der Waals surface area contributed by atoms with E-state index in [2.05, 4.69) is 23.3 Å². The van der Waals surface area contributed by atoms with Crippen LogP contribution in [0.15, 0.2) is 10.5 Å². The Kier molecular flexibility index (Phi) is 3.22. The molecule has 0 aliphatic carbocycles. The van der Waals surface area contributed by atoms with Gasteiger partial charge in [-0.15, -0.1) is 0 Å². The monoisotopic (exact) mass is 248 g/mol. The first-order valence-corrected chi connectivity index (χ1v) is 6.77. The topological polar surface area (TPSA) is 45.5 Å². The summed E-state index contributed by atoms with van der Waals surface area (Å²) in [5.74, 6) is 2.20. The normalized spacial score (nSPS) is 25.8. The van der Waals surface area contributed by atoms with Gasteiger partial charge in [-0.25, -0.2) is 0 Å². The summed E-state index contributed by atoms with van der Waals surface area (Å²) >= 11 is 0. The van der Waals surface area contributed by atoms with Crippen molar-refractivity contribution in [2.24, 2.45) is 0 Å². The number of aryl methyl sites for hydroxylation is 1.